The van der Waals surface area contributed by atoms with Crippen LogP contribution in [-0.4, -0.2) is 101 Å². The highest BCUT2D eigenvalue weighted by Gasteiger charge is 2.57. The molecule has 3 fully saturated rings. The van der Waals surface area contributed by atoms with Gasteiger partial charge in [0.1, 0.15) is 11.9 Å². The topological polar surface area (TPSA) is 146 Å². The van der Waals surface area contributed by atoms with E-state index < -0.39 is 52.2 Å². The Labute approximate surface area is 259 Å². The highest BCUT2D eigenvalue weighted by Crippen LogP contribution is 2.42. The maximum Gasteiger partial charge on any atom is 0.309 e. The summed E-state index contributed by atoms with van der Waals surface area (Å²) >= 11 is 1.50. The maximum atomic E-state index is 13.7. The van der Waals surface area contributed by atoms with E-state index in [0.29, 0.717) is 38.0 Å². The third-order valence-electron chi connectivity index (χ3n) is 9.32. The van der Waals surface area contributed by atoms with Crippen molar-refractivity contribution in [1.82, 2.24) is 13.6 Å². The van der Waals surface area contributed by atoms with Gasteiger partial charge < -0.3 is 19.7 Å². The molecular formula is C30H47N3O8S2. The molecule has 8 atom stereocenters. The summed E-state index contributed by atoms with van der Waals surface area (Å²) in [5.74, 6) is -1.98. The van der Waals surface area contributed by atoms with Gasteiger partial charge in [0.2, 0.25) is 0 Å². The number of ether oxygens (including phenoxy) is 2. The van der Waals surface area contributed by atoms with E-state index >= 15 is 0 Å². The van der Waals surface area contributed by atoms with Gasteiger partial charge in [-0.25, -0.2) is 4.98 Å². The molecule has 3 saturated heterocycles. The van der Waals surface area contributed by atoms with Crippen molar-refractivity contribution in [3.8, 4) is 0 Å². The number of hydrogen-bond donors (Lipinski definition) is 2. The fraction of sp³-hybridized carbons (Fsp3) is 0.767. The van der Waals surface area contributed by atoms with Gasteiger partial charge in [0.25, 0.3) is 10.2 Å². The Morgan fingerprint density at radius 3 is 2.44 bits per heavy atom. The Bertz CT molecular complexity index is 1290. The summed E-state index contributed by atoms with van der Waals surface area (Å²) < 4.78 is 41.8. The summed E-state index contributed by atoms with van der Waals surface area (Å²) in [5, 5.41) is 24.9. The molecule has 43 heavy (non-hydrogen) atoms. The van der Waals surface area contributed by atoms with Crippen LogP contribution in [0.4, 0.5) is 0 Å². The second kappa shape index (κ2) is 13.7. The Morgan fingerprint density at radius 1 is 1.14 bits per heavy atom. The Kier molecular flexibility index (Phi) is 10.9. The van der Waals surface area contributed by atoms with E-state index in [4.69, 9.17) is 9.47 Å². The number of carbonyl (C=O) groups is 2. The van der Waals surface area contributed by atoms with Crippen molar-refractivity contribution >= 4 is 39.4 Å². The number of fused-ring (bicyclic) bond motifs is 1. The number of carbonyl (C=O) groups excluding carboxylic acids is 2. The monoisotopic (exact) mass is 641 g/mol. The number of aromatic nitrogens is 1. The zero-order valence-corrected chi connectivity index (χ0v) is 27.7. The number of ketones is 1. The molecule has 3 aliphatic rings. The summed E-state index contributed by atoms with van der Waals surface area (Å²) in [6.45, 7) is 11.7. The number of Topliss-reactive ketones (excluding diaryl/α,β-unsaturated/α-hetero) is 1. The van der Waals surface area contributed by atoms with Crippen molar-refractivity contribution in [2.75, 3.05) is 26.3 Å². The highest BCUT2D eigenvalue weighted by atomic mass is 32.2. The molecule has 242 valence electrons. The minimum absolute atomic E-state index is 0.217. The van der Waals surface area contributed by atoms with E-state index in [2.05, 4.69) is 4.98 Å². The van der Waals surface area contributed by atoms with Crippen LogP contribution in [-0.2, 0) is 29.3 Å². The van der Waals surface area contributed by atoms with Crippen LogP contribution in [0.15, 0.2) is 11.0 Å². The average molecular weight is 642 g/mol. The van der Waals surface area contributed by atoms with E-state index in [1.807, 2.05) is 32.2 Å². The number of rotatable bonds is 4. The van der Waals surface area contributed by atoms with Crippen LogP contribution >= 0.6 is 11.3 Å². The third kappa shape index (κ3) is 7.74. The SMILES string of the molecule is C/C(=C\c1csc(C)n1)[C@@H]1C[C@H]2[C@@H](CCC[C@H](C)[C@H](O)[C@@H](C)C(=O)C(C)(C)[C@@H](O)CC(=O)O1)N2S(=O)(=O)N1CCOCC1. The number of morpholine rings is 1. The first kappa shape index (κ1) is 34.1. The number of aliphatic hydroxyl groups is 2. The standard InChI is InChI=1S/C30H47N3O8S2/c1-18-8-7-9-23-24(33(23)43(38,39)32-10-12-40-13-11-32)15-25(19(2)14-22-17-42-21(4)31-22)41-27(35)16-26(34)30(5,6)29(37)20(3)28(18)36/h14,17-18,20,23-26,28,34,36H,7-13,15-16H2,1-6H3/b19-14+/t18-,20+,23+,24-,25-,26-,28-,33?/m0/s1. The summed E-state index contributed by atoms with van der Waals surface area (Å²) in [6.07, 6.45) is 0.483. The van der Waals surface area contributed by atoms with E-state index in [1.165, 1.54) is 19.9 Å². The molecule has 0 saturated carbocycles. The molecule has 0 bridgehead atoms. The highest BCUT2D eigenvalue weighted by molar-refractivity contribution is 7.87. The molecule has 0 amide bonds. The van der Waals surface area contributed by atoms with Gasteiger partial charge in [-0.1, -0.05) is 34.1 Å². The van der Waals surface area contributed by atoms with Gasteiger partial charge in [0.05, 0.1) is 48.0 Å². The third-order valence-corrected chi connectivity index (χ3v) is 12.2. The van der Waals surface area contributed by atoms with Crippen LogP contribution in [0.3, 0.4) is 0 Å². The molecule has 4 rings (SSSR count). The van der Waals surface area contributed by atoms with Gasteiger partial charge in [-0.3, -0.25) is 9.59 Å². The molecular weight excluding hydrogens is 594 g/mol. The summed E-state index contributed by atoms with van der Waals surface area (Å²) in [4.78, 5) is 31.1. The number of aryl methyl sites for hydroxylation is 1. The number of nitrogens with zero attached hydrogens (tertiary/aromatic N) is 3. The minimum Gasteiger partial charge on any atom is -0.458 e. The van der Waals surface area contributed by atoms with Gasteiger partial charge in [-0.05, 0) is 44.3 Å². The summed E-state index contributed by atoms with van der Waals surface area (Å²) in [5.41, 5.74) is 0.144. The lowest BCUT2D eigenvalue weighted by molar-refractivity contribution is -0.154. The van der Waals surface area contributed by atoms with Crippen LogP contribution in [0, 0.1) is 24.2 Å². The quantitative estimate of drug-likeness (QED) is 0.374. The van der Waals surface area contributed by atoms with Crippen LogP contribution in [0.1, 0.15) is 77.4 Å². The lowest BCUT2D eigenvalue weighted by Crippen LogP contribution is -2.45. The molecule has 0 aromatic carbocycles. The Hall–Kier alpha value is -1.74. The molecule has 3 aliphatic heterocycles. The average Bonchev–Trinajstić information content (AvgIpc) is 3.50. The molecule has 1 unspecified atom stereocenters. The molecule has 0 radical (unpaired) electrons. The van der Waals surface area contributed by atoms with Crippen molar-refractivity contribution in [2.24, 2.45) is 17.3 Å². The second-order valence-corrected chi connectivity index (χ2v) is 15.8. The zero-order chi connectivity index (χ0) is 31.7. The van der Waals surface area contributed by atoms with E-state index in [0.717, 1.165) is 10.7 Å². The lowest BCUT2D eigenvalue weighted by atomic mass is 9.73. The summed E-state index contributed by atoms with van der Waals surface area (Å²) in [7, 11) is -3.77. The molecule has 0 aliphatic carbocycles. The van der Waals surface area contributed by atoms with Crippen LogP contribution in [0.25, 0.3) is 6.08 Å². The predicted molar refractivity (Wildman–Crippen MR) is 163 cm³/mol. The lowest BCUT2D eigenvalue weighted by Gasteiger charge is -2.34. The van der Waals surface area contributed by atoms with Crippen molar-refractivity contribution in [1.29, 1.82) is 0 Å². The Balaban J connectivity index is 1.66. The number of hydrogen-bond acceptors (Lipinski definition) is 10. The first-order valence-electron chi connectivity index (χ1n) is 15.2. The van der Waals surface area contributed by atoms with Crippen molar-refractivity contribution in [2.45, 2.75) is 104 Å². The predicted octanol–water partition coefficient (Wildman–Crippen LogP) is 2.95. The fourth-order valence-electron chi connectivity index (χ4n) is 6.30. The molecule has 11 nitrogen and oxygen atoms in total. The normalized spacial score (nSPS) is 35.7. The molecule has 13 heteroatoms. The molecule has 0 spiro atoms. The minimum atomic E-state index is -3.77. The van der Waals surface area contributed by atoms with Gasteiger partial charge in [0.15, 0.2) is 0 Å². The van der Waals surface area contributed by atoms with Gasteiger partial charge in [-0.2, -0.15) is 17.0 Å². The van der Waals surface area contributed by atoms with E-state index in [-0.39, 0.29) is 43.3 Å². The molecule has 2 N–H and O–H groups in total. The van der Waals surface area contributed by atoms with Gasteiger partial charge in [0, 0.05) is 42.9 Å². The molecule has 1 aromatic heterocycles. The van der Waals surface area contributed by atoms with Crippen molar-refractivity contribution in [3.05, 3.63) is 21.7 Å². The van der Waals surface area contributed by atoms with Gasteiger partial charge in [-0.15, -0.1) is 11.3 Å². The maximum absolute atomic E-state index is 13.7. The van der Waals surface area contributed by atoms with Crippen LogP contribution in [0.2, 0.25) is 0 Å². The van der Waals surface area contributed by atoms with Gasteiger partial charge >= 0.3 is 5.97 Å². The second-order valence-electron chi connectivity index (χ2n) is 12.9. The number of cyclic esters (lactones) is 1. The first-order valence-corrected chi connectivity index (χ1v) is 17.5. The largest absolute Gasteiger partial charge is 0.458 e. The smallest absolute Gasteiger partial charge is 0.309 e. The Morgan fingerprint density at radius 2 is 1.81 bits per heavy atom. The number of thiazole rings is 1. The van der Waals surface area contributed by atoms with Crippen LogP contribution < -0.4 is 0 Å². The van der Waals surface area contributed by atoms with Crippen molar-refractivity contribution in [3.63, 3.8) is 0 Å². The number of aliphatic hydroxyl groups excluding tert-OH is 2. The van der Waals surface area contributed by atoms with Crippen LogP contribution in [0.5, 0.6) is 0 Å². The number of esters is 1. The zero-order valence-electron chi connectivity index (χ0n) is 26.1. The molecule has 1 aromatic rings. The van der Waals surface area contributed by atoms with E-state index in [9.17, 15) is 28.2 Å². The first-order chi connectivity index (χ1) is 20.1. The summed E-state index contributed by atoms with van der Waals surface area (Å²) in [6, 6.07) is -0.676. The fourth-order valence-corrected chi connectivity index (χ4v) is 8.85. The van der Waals surface area contributed by atoms with Crippen molar-refractivity contribution < 1.29 is 37.7 Å². The van der Waals surface area contributed by atoms with E-state index in [1.54, 1.807) is 20.8 Å². The molecule has 4 heterocycles.